The molecule has 0 spiro atoms. The van der Waals surface area contributed by atoms with Crippen molar-refractivity contribution in [2.45, 2.75) is 37.4 Å². The number of benzene rings is 2. The maximum atomic E-state index is 13.7. The van der Waals surface area contributed by atoms with Crippen molar-refractivity contribution in [2.24, 2.45) is 5.92 Å². The molecule has 2 aliphatic rings. The summed E-state index contributed by atoms with van der Waals surface area (Å²) in [5, 5.41) is -0.353. The van der Waals surface area contributed by atoms with E-state index in [4.69, 9.17) is 32.7 Å². The standard InChI is InChI=1S/C30H26Cl2F2N2O6S/c31-22-13-35-14-23(32)21(22)12-25(19-6-7-24(42-30(33)34)26(11-19)40-16-17-4-5-17)41-29(39)28-36(8-9-43-28)27(38)20-3-1-2-18(10-20)15-37/h1-3,6-7,10-11,13-15,17,25,28,30H,4-5,8-9,12,16H2/p+1/t25-,28-/m0/s1. The van der Waals surface area contributed by atoms with E-state index in [0.717, 1.165) is 12.8 Å². The quantitative estimate of drug-likeness (QED) is 0.174. The number of carbonyl (C=O) groups excluding carboxylic acids is 3. The molecule has 1 aromatic heterocycles. The number of carbonyl (C=O) groups is 3. The zero-order chi connectivity index (χ0) is 30.5. The van der Waals surface area contributed by atoms with E-state index in [0.29, 0.717) is 57.8 Å². The van der Waals surface area contributed by atoms with Crippen LogP contribution in [0.2, 0.25) is 10.0 Å². The molecule has 1 N–H and O–H groups in total. The molecule has 1 amide bonds. The number of aromatic amines is 1. The van der Waals surface area contributed by atoms with Crippen molar-refractivity contribution in [1.29, 1.82) is 0 Å². The Balaban J connectivity index is 1.44. The zero-order valence-electron chi connectivity index (χ0n) is 22.6. The molecule has 1 aliphatic heterocycles. The molecule has 1 saturated carbocycles. The molecule has 5 rings (SSSR count). The van der Waals surface area contributed by atoms with Crippen LogP contribution >= 0.6 is 35.0 Å². The number of nitrogens with zero attached hydrogens (tertiary/aromatic N) is 1. The first kappa shape index (κ1) is 31.0. The third kappa shape index (κ3) is 7.76. The second-order valence-electron chi connectivity index (χ2n) is 10.1. The monoisotopic (exact) mass is 651 g/mol. The minimum absolute atomic E-state index is 0.0436. The van der Waals surface area contributed by atoms with Gasteiger partial charge in [0.25, 0.3) is 5.91 Å². The fourth-order valence-electron chi connectivity index (χ4n) is 4.59. The number of ether oxygens (including phenoxy) is 3. The number of thioether (sulfide) groups is 1. The lowest BCUT2D eigenvalue weighted by Crippen LogP contribution is -2.40. The van der Waals surface area contributed by atoms with Crippen LogP contribution in [-0.2, 0) is 16.0 Å². The van der Waals surface area contributed by atoms with Gasteiger partial charge in [0.2, 0.25) is 0 Å². The topological polar surface area (TPSA) is 96.3 Å². The van der Waals surface area contributed by atoms with E-state index >= 15 is 0 Å². The maximum absolute atomic E-state index is 13.7. The average molecular weight is 653 g/mol. The summed E-state index contributed by atoms with van der Waals surface area (Å²) in [7, 11) is 0. The number of amides is 1. The number of halogens is 4. The van der Waals surface area contributed by atoms with E-state index in [1.165, 1.54) is 53.3 Å². The Hall–Kier alpha value is -3.41. The highest BCUT2D eigenvalue weighted by molar-refractivity contribution is 8.00. The van der Waals surface area contributed by atoms with Crippen molar-refractivity contribution >= 4 is 53.1 Å². The molecular formula is C30H27Cl2F2N2O6S+. The van der Waals surface area contributed by atoms with Gasteiger partial charge in [-0.25, -0.2) is 9.78 Å². The Kier molecular flexibility index (Phi) is 10.0. The predicted molar refractivity (Wildman–Crippen MR) is 156 cm³/mol. The van der Waals surface area contributed by atoms with Gasteiger partial charge < -0.3 is 19.1 Å². The van der Waals surface area contributed by atoms with Crippen LogP contribution < -0.4 is 14.5 Å². The van der Waals surface area contributed by atoms with Crippen LogP contribution in [0.3, 0.4) is 0 Å². The molecule has 226 valence electrons. The summed E-state index contributed by atoms with van der Waals surface area (Å²) in [6, 6.07) is 10.6. The van der Waals surface area contributed by atoms with Crippen molar-refractivity contribution in [3.63, 3.8) is 0 Å². The molecule has 2 heterocycles. The fraction of sp³-hybridized carbons (Fsp3) is 0.333. The number of hydrogen-bond donors (Lipinski definition) is 0. The Morgan fingerprint density at radius 1 is 1.09 bits per heavy atom. The zero-order valence-corrected chi connectivity index (χ0v) is 25.0. The van der Waals surface area contributed by atoms with E-state index in [1.807, 2.05) is 0 Å². The third-order valence-electron chi connectivity index (χ3n) is 6.99. The lowest BCUT2D eigenvalue weighted by atomic mass is 10.0. The second-order valence-corrected chi connectivity index (χ2v) is 12.1. The van der Waals surface area contributed by atoms with Crippen LogP contribution in [0.25, 0.3) is 0 Å². The summed E-state index contributed by atoms with van der Waals surface area (Å²) in [5.74, 6) is -0.322. The Bertz CT molecular complexity index is 1490. The smallest absolute Gasteiger partial charge is 0.387 e. The molecule has 0 bridgehead atoms. The molecular weight excluding hydrogens is 625 g/mol. The van der Waals surface area contributed by atoms with Gasteiger partial charge in [-0.15, -0.1) is 11.8 Å². The van der Waals surface area contributed by atoms with Crippen molar-refractivity contribution in [1.82, 2.24) is 4.90 Å². The van der Waals surface area contributed by atoms with Gasteiger partial charge in [-0.2, -0.15) is 8.78 Å². The number of nitrogens with one attached hydrogen (secondary N) is 1. The van der Waals surface area contributed by atoms with Crippen LogP contribution in [0, 0.1) is 5.92 Å². The van der Waals surface area contributed by atoms with Gasteiger partial charge in [-0.05, 0) is 48.6 Å². The van der Waals surface area contributed by atoms with Crippen molar-refractivity contribution in [3.8, 4) is 11.5 Å². The van der Waals surface area contributed by atoms with Crippen molar-refractivity contribution < 1.29 is 42.4 Å². The highest BCUT2D eigenvalue weighted by atomic mass is 35.5. The molecule has 2 aromatic carbocycles. The predicted octanol–water partition coefficient (Wildman–Crippen LogP) is 6.05. The molecule has 8 nitrogen and oxygen atoms in total. The van der Waals surface area contributed by atoms with Gasteiger partial charge in [0.15, 0.2) is 29.3 Å². The van der Waals surface area contributed by atoms with Crippen LogP contribution in [0.15, 0.2) is 54.9 Å². The molecule has 13 heteroatoms. The number of rotatable bonds is 12. The summed E-state index contributed by atoms with van der Waals surface area (Å²) in [6.45, 7) is -2.43. The number of pyridine rings is 1. The molecule has 1 aliphatic carbocycles. The first-order valence-corrected chi connectivity index (χ1v) is 15.3. The van der Waals surface area contributed by atoms with Crippen molar-refractivity contribution in [2.75, 3.05) is 18.9 Å². The van der Waals surface area contributed by atoms with Gasteiger partial charge in [0.05, 0.1) is 6.61 Å². The van der Waals surface area contributed by atoms with Crippen LogP contribution in [0.4, 0.5) is 8.78 Å². The largest absolute Gasteiger partial charge is 0.489 e. The van der Waals surface area contributed by atoms with Crippen LogP contribution in [0.5, 0.6) is 11.5 Å². The Labute approximate surface area is 260 Å². The highest BCUT2D eigenvalue weighted by Crippen LogP contribution is 2.38. The number of esters is 1. The van der Waals surface area contributed by atoms with E-state index in [-0.39, 0.29) is 23.5 Å². The fourth-order valence-corrected chi connectivity index (χ4v) is 6.22. The molecule has 0 unspecified atom stereocenters. The van der Waals surface area contributed by atoms with Gasteiger partial charge in [0, 0.05) is 35.4 Å². The van der Waals surface area contributed by atoms with E-state index < -0.39 is 30.0 Å². The summed E-state index contributed by atoms with van der Waals surface area (Å²) in [5.41, 5.74) is 1.53. The minimum Gasteiger partial charge on any atom is -0.489 e. The first-order valence-electron chi connectivity index (χ1n) is 13.5. The van der Waals surface area contributed by atoms with Crippen LogP contribution in [-0.4, -0.2) is 54.0 Å². The van der Waals surface area contributed by atoms with E-state index in [2.05, 4.69) is 9.72 Å². The molecule has 43 heavy (non-hydrogen) atoms. The van der Waals surface area contributed by atoms with Gasteiger partial charge in [-0.1, -0.05) is 41.4 Å². The normalized spacial score (nSPS) is 17.0. The van der Waals surface area contributed by atoms with E-state index in [1.54, 1.807) is 18.2 Å². The van der Waals surface area contributed by atoms with Crippen molar-refractivity contribution in [3.05, 3.63) is 87.2 Å². The molecule has 3 aromatic rings. The molecule has 2 fully saturated rings. The number of H-pyrrole nitrogens is 1. The van der Waals surface area contributed by atoms with E-state index in [9.17, 15) is 23.2 Å². The second kappa shape index (κ2) is 13.9. The highest BCUT2D eigenvalue weighted by Gasteiger charge is 2.38. The maximum Gasteiger partial charge on any atom is 0.387 e. The van der Waals surface area contributed by atoms with Gasteiger partial charge >= 0.3 is 12.6 Å². The lowest BCUT2D eigenvalue weighted by Gasteiger charge is -2.26. The first-order chi connectivity index (χ1) is 20.7. The Morgan fingerprint density at radius 3 is 2.56 bits per heavy atom. The summed E-state index contributed by atoms with van der Waals surface area (Å²) in [4.78, 5) is 42.4. The third-order valence-corrected chi connectivity index (χ3v) is 8.85. The average Bonchev–Trinajstić information content (AvgIpc) is 3.70. The Morgan fingerprint density at radius 2 is 1.86 bits per heavy atom. The minimum atomic E-state index is -3.06. The lowest BCUT2D eigenvalue weighted by molar-refractivity contribution is -0.377. The SMILES string of the molecule is O=Cc1cccc(C(=O)N2CCS[C@H]2C(=O)O[C@@H](Cc2c(Cl)c[nH+]cc2Cl)c2ccc(OC(F)F)c(OCC3CC3)c2)c1. The summed E-state index contributed by atoms with van der Waals surface area (Å²) in [6.07, 6.45) is 4.75. The summed E-state index contributed by atoms with van der Waals surface area (Å²) >= 11 is 14.1. The number of hydrogen-bond acceptors (Lipinski definition) is 7. The van der Waals surface area contributed by atoms with Gasteiger partial charge in [-0.3, -0.25) is 9.59 Å². The van der Waals surface area contributed by atoms with Gasteiger partial charge in [0.1, 0.15) is 22.4 Å². The molecule has 2 atom stereocenters. The van der Waals surface area contributed by atoms with Crippen LogP contribution in [0.1, 0.15) is 50.8 Å². The number of alkyl halides is 2. The molecule has 1 saturated heterocycles. The molecule has 0 radical (unpaired) electrons. The number of aromatic nitrogens is 1. The summed E-state index contributed by atoms with van der Waals surface area (Å²) < 4.78 is 42.8. The number of aldehydes is 1.